The zero-order chi connectivity index (χ0) is 38.5. The van der Waals surface area contributed by atoms with Crippen LogP contribution < -0.4 is 9.80 Å². The highest BCUT2D eigenvalue weighted by molar-refractivity contribution is 5.87. The van der Waals surface area contributed by atoms with Gasteiger partial charge in [-0.05, 0) is 71.8 Å². The molecule has 1 aliphatic rings. The predicted octanol–water partition coefficient (Wildman–Crippen LogP) is 5.07. The van der Waals surface area contributed by atoms with Gasteiger partial charge in [0.05, 0.1) is 23.6 Å². The molecule has 1 aliphatic heterocycles. The maximum atomic E-state index is 16.5. The highest BCUT2D eigenvalue weighted by Crippen LogP contribution is 2.42. The van der Waals surface area contributed by atoms with Gasteiger partial charge in [-0.1, -0.05) is 11.3 Å². The molecule has 54 heavy (non-hydrogen) atoms. The number of benzene rings is 2. The van der Waals surface area contributed by atoms with Gasteiger partial charge in [0.15, 0.2) is 17.7 Å². The normalized spacial score (nSPS) is 14.5. The lowest BCUT2D eigenvalue weighted by atomic mass is 9.92. The first-order valence-electron chi connectivity index (χ1n) is 16.2. The number of halogens is 7. The molecule has 0 unspecified atom stereocenters. The Labute approximate surface area is 300 Å². The van der Waals surface area contributed by atoms with Gasteiger partial charge in [0.25, 0.3) is 0 Å². The van der Waals surface area contributed by atoms with E-state index < -0.39 is 63.9 Å². The van der Waals surface area contributed by atoms with E-state index in [-0.39, 0.29) is 22.5 Å². The molecule has 6 aromatic rings. The fraction of sp³-hybridized carbons (Fsp3) is 0.265. The lowest BCUT2D eigenvalue weighted by molar-refractivity contribution is -0.208. The van der Waals surface area contributed by atoms with E-state index in [0.717, 1.165) is 34.0 Å². The molecule has 0 radical (unpaired) electrons. The largest absolute Gasteiger partial charge is 0.420 e. The molecule has 280 valence electrons. The van der Waals surface area contributed by atoms with Crippen molar-refractivity contribution in [3.63, 3.8) is 0 Å². The molecule has 0 spiro atoms. The first-order valence-corrected chi connectivity index (χ1v) is 16.2. The fourth-order valence-electron chi connectivity index (χ4n) is 6.13. The van der Waals surface area contributed by atoms with E-state index in [1.807, 2.05) is 9.80 Å². The molecule has 13 nitrogen and oxygen atoms in total. The molecule has 1 atom stereocenters. The minimum atomic E-state index is -4.90. The maximum Gasteiger partial charge on any atom is 0.420 e. The SMILES string of the molecule is CC(C)(O)c1nc(F)c(-c2ccc(N3CCN(c4ccc(-n5cc([C@@H](O)C(F)(F)F)nn5)nc4)CC3)cc2-c2ccc(F)cc2F)c(F)c1-n1cnnn1. The topological polar surface area (TPSA) is 147 Å². The summed E-state index contributed by atoms with van der Waals surface area (Å²) < 4.78 is 102. The quantitative estimate of drug-likeness (QED) is 0.159. The molecular formula is C34H28F7N11O2. The van der Waals surface area contributed by atoms with E-state index in [9.17, 15) is 27.8 Å². The molecule has 0 amide bonds. The van der Waals surface area contributed by atoms with Crippen LogP contribution in [0.2, 0.25) is 0 Å². The predicted molar refractivity (Wildman–Crippen MR) is 177 cm³/mol. The summed E-state index contributed by atoms with van der Waals surface area (Å²) in [5.74, 6) is -4.13. The van der Waals surface area contributed by atoms with Crippen LogP contribution in [0.15, 0.2) is 67.3 Å². The molecule has 7 rings (SSSR count). The average molecular weight is 756 g/mol. The van der Waals surface area contributed by atoms with E-state index in [1.54, 1.807) is 18.2 Å². The molecular weight excluding hydrogens is 727 g/mol. The maximum absolute atomic E-state index is 16.5. The number of aromatic nitrogens is 9. The molecule has 1 fully saturated rings. The summed E-state index contributed by atoms with van der Waals surface area (Å²) in [6.07, 6.45) is -4.19. The third-order valence-electron chi connectivity index (χ3n) is 8.80. The van der Waals surface area contributed by atoms with Crippen molar-refractivity contribution in [3.05, 3.63) is 102 Å². The highest BCUT2D eigenvalue weighted by Gasteiger charge is 2.41. The van der Waals surface area contributed by atoms with E-state index in [4.69, 9.17) is 0 Å². The molecule has 20 heteroatoms. The summed E-state index contributed by atoms with van der Waals surface area (Å²) in [6, 6.07) is 10.6. The van der Waals surface area contributed by atoms with Gasteiger partial charge in [-0.2, -0.15) is 22.2 Å². The molecule has 5 heterocycles. The number of alkyl halides is 3. The standard InChI is InChI=1S/C34H28F7N11O2/c1-33(2,54)30-29(52-17-43-46-48-52)28(37)27(32(38)44-30)22-7-4-19(14-23(22)21-6-3-18(35)13-24(21)36)49-9-11-50(12-10-49)20-5-8-26(42-15-20)51-16-25(45-47-51)31(53)34(39,40)41/h3-8,13-17,31,53-54H,9-12H2,1-2H3/t31-/m1/s1. The summed E-state index contributed by atoms with van der Waals surface area (Å²) >= 11 is 0. The van der Waals surface area contributed by atoms with Gasteiger partial charge in [0.1, 0.15) is 40.6 Å². The van der Waals surface area contributed by atoms with Gasteiger partial charge in [-0.15, -0.1) is 10.2 Å². The summed E-state index contributed by atoms with van der Waals surface area (Å²) in [6.45, 7) is 4.37. The van der Waals surface area contributed by atoms with E-state index >= 15 is 13.2 Å². The van der Waals surface area contributed by atoms with Crippen molar-refractivity contribution in [1.82, 2.24) is 45.2 Å². The van der Waals surface area contributed by atoms with Gasteiger partial charge in [0.2, 0.25) is 5.95 Å². The third kappa shape index (κ3) is 6.92. The number of nitrogens with zero attached hydrogens (tertiary/aromatic N) is 11. The Kier molecular flexibility index (Phi) is 9.26. The molecule has 1 saturated heterocycles. The number of hydrogen-bond donors (Lipinski definition) is 2. The van der Waals surface area contributed by atoms with Crippen molar-refractivity contribution >= 4 is 11.4 Å². The number of tetrazole rings is 1. The summed E-state index contributed by atoms with van der Waals surface area (Å²) in [5.41, 5.74) is -2.93. The minimum absolute atomic E-state index is 0.0320. The highest BCUT2D eigenvalue weighted by atomic mass is 19.4. The average Bonchev–Trinajstić information content (AvgIpc) is 3.84. The van der Waals surface area contributed by atoms with Crippen LogP contribution in [-0.2, 0) is 5.60 Å². The number of hydrogen-bond acceptors (Lipinski definition) is 11. The Bertz CT molecular complexity index is 2300. The molecule has 4 aromatic heterocycles. The van der Waals surface area contributed by atoms with Crippen LogP contribution in [0, 0.1) is 23.4 Å². The van der Waals surface area contributed by atoms with Gasteiger partial charge in [0, 0.05) is 43.5 Å². The fourth-order valence-corrected chi connectivity index (χ4v) is 6.13. The molecule has 2 N–H and O–H groups in total. The van der Waals surface area contributed by atoms with E-state index in [1.165, 1.54) is 32.2 Å². The van der Waals surface area contributed by atoms with Gasteiger partial charge < -0.3 is 20.0 Å². The van der Waals surface area contributed by atoms with E-state index in [0.29, 0.717) is 43.6 Å². The molecule has 0 bridgehead atoms. The first-order chi connectivity index (χ1) is 25.6. The zero-order valence-corrected chi connectivity index (χ0v) is 28.2. The number of rotatable bonds is 8. The van der Waals surface area contributed by atoms with Crippen LogP contribution in [0.5, 0.6) is 0 Å². The Balaban J connectivity index is 1.18. The smallest absolute Gasteiger partial charge is 0.384 e. The summed E-state index contributed by atoms with van der Waals surface area (Å²) in [4.78, 5) is 12.1. The molecule has 0 saturated carbocycles. The van der Waals surface area contributed by atoms with Crippen LogP contribution in [0.3, 0.4) is 0 Å². The van der Waals surface area contributed by atoms with Crippen molar-refractivity contribution in [3.8, 4) is 33.8 Å². The van der Waals surface area contributed by atoms with Crippen molar-refractivity contribution < 1.29 is 40.9 Å². The molecule has 2 aromatic carbocycles. The van der Waals surface area contributed by atoms with Crippen molar-refractivity contribution in [2.24, 2.45) is 0 Å². The minimum Gasteiger partial charge on any atom is -0.384 e. The van der Waals surface area contributed by atoms with Crippen molar-refractivity contribution in [2.75, 3.05) is 36.0 Å². The lowest BCUT2D eigenvalue weighted by Crippen LogP contribution is -2.46. The number of piperazine rings is 1. The van der Waals surface area contributed by atoms with Crippen LogP contribution in [0.1, 0.15) is 31.3 Å². The first kappa shape index (κ1) is 36.3. The van der Waals surface area contributed by atoms with Crippen molar-refractivity contribution in [2.45, 2.75) is 31.7 Å². The number of pyridine rings is 2. The van der Waals surface area contributed by atoms with Gasteiger partial charge in [-0.25, -0.2) is 27.8 Å². The van der Waals surface area contributed by atoms with Crippen LogP contribution in [0.25, 0.3) is 33.8 Å². The van der Waals surface area contributed by atoms with Crippen LogP contribution in [-0.4, -0.2) is 87.7 Å². The van der Waals surface area contributed by atoms with Gasteiger partial charge >= 0.3 is 6.18 Å². The second-order valence-corrected chi connectivity index (χ2v) is 12.8. The summed E-state index contributed by atoms with van der Waals surface area (Å²) in [7, 11) is 0. The van der Waals surface area contributed by atoms with Crippen LogP contribution in [0.4, 0.5) is 42.1 Å². The number of aliphatic hydroxyl groups is 2. The Hall–Kier alpha value is -6.02. The van der Waals surface area contributed by atoms with Crippen LogP contribution >= 0.6 is 0 Å². The number of aliphatic hydroxyl groups excluding tert-OH is 1. The van der Waals surface area contributed by atoms with Crippen molar-refractivity contribution in [1.29, 1.82) is 0 Å². The second kappa shape index (κ2) is 13.8. The zero-order valence-electron chi connectivity index (χ0n) is 28.2. The Morgan fingerprint density at radius 2 is 1.48 bits per heavy atom. The Morgan fingerprint density at radius 3 is 2.09 bits per heavy atom. The Morgan fingerprint density at radius 1 is 0.796 bits per heavy atom. The third-order valence-corrected chi connectivity index (χ3v) is 8.80. The lowest BCUT2D eigenvalue weighted by Gasteiger charge is -2.37. The molecule has 0 aliphatic carbocycles. The second-order valence-electron chi connectivity index (χ2n) is 12.8. The van der Waals surface area contributed by atoms with E-state index in [2.05, 4.69) is 35.8 Å². The van der Waals surface area contributed by atoms with Gasteiger partial charge in [-0.3, -0.25) is 0 Å². The number of anilines is 2. The summed E-state index contributed by atoms with van der Waals surface area (Å²) in [5, 5.41) is 37.9. The monoisotopic (exact) mass is 755 g/mol.